The molecule has 1 saturated heterocycles. The summed E-state index contributed by atoms with van der Waals surface area (Å²) in [6.07, 6.45) is 1.13. The number of carbonyl (C=O) groups is 2. The topological polar surface area (TPSA) is 104 Å². The highest BCUT2D eigenvalue weighted by atomic mass is 16.6. The van der Waals surface area contributed by atoms with Crippen molar-refractivity contribution in [3.8, 4) is 5.75 Å². The molecule has 0 atom stereocenters. The molecule has 0 aromatic heterocycles. The average molecular weight is 447 g/mol. The van der Waals surface area contributed by atoms with E-state index in [2.05, 4.69) is 5.32 Å². The zero-order chi connectivity index (χ0) is 23.3. The molecule has 0 radical (unpaired) electrons. The van der Waals surface area contributed by atoms with Crippen molar-refractivity contribution in [1.29, 1.82) is 0 Å². The third-order valence-electron chi connectivity index (χ3n) is 5.27. The minimum absolute atomic E-state index is 0.0164. The number of rotatable bonds is 4. The molecule has 9 heteroatoms. The van der Waals surface area contributed by atoms with E-state index >= 15 is 0 Å². The van der Waals surface area contributed by atoms with Crippen LogP contribution in [0.3, 0.4) is 0 Å². The number of aliphatic hydroxyl groups is 1. The van der Waals surface area contributed by atoms with Gasteiger partial charge in [-0.1, -0.05) is 6.07 Å². The largest absolute Gasteiger partial charge is 0.491 e. The Balaban J connectivity index is 1.64. The van der Waals surface area contributed by atoms with Crippen molar-refractivity contribution in [3.63, 3.8) is 0 Å². The summed E-state index contributed by atoms with van der Waals surface area (Å²) in [6, 6.07) is 5.88. The van der Waals surface area contributed by atoms with E-state index in [1.165, 1.54) is 6.92 Å². The number of hydrogen-bond acceptors (Lipinski definition) is 6. The molecule has 3 rings (SSSR count). The highest BCUT2D eigenvalue weighted by molar-refractivity contribution is 5.96. The fourth-order valence-electron chi connectivity index (χ4n) is 3.80. The molecule has 0 bridgehead atoms. The first-order chi connectivity index (χ1) is 15.1. The van der Waals surface area contributed by atoms with Crippen LogP contribution in [-0.2, 0) is 22.6 Å². The molecule has 1 aromatic rings. The van der Waals surface area contributed by atoms with Gasteiger partial charge in [-0.2, -0.15) is 0 Å². The lowest BCUT2D eigenvalue weighted by Gasteiger charge is -2.33. The molecule has 176 valence electrons. The molecule has 9 nitrogen and oxygen atoms in total. The predicted octanol–water partition coefficient (Wildman–Crippen LogP) is 2.26. The van der Waals surface area contributed by atoms with E-state index in [4.69, 9.17) is 19.6 Å². The Morgan fingerprint density at radius 3 is 2.47 bits per heavy atom. The molecule has 2 aliphatic rings. The first kappa shape index (κ1) is 23.8. The summed E-state index contributed by atoms with van der Waals surface area (Å²) in [6.45, 7) is 9.67. The summed E-state index contributed by atoms with van der Waals surface area (Å²) in [4.78, 5) is 32.7. The summed E-state index contributed by atoms with van der Waals surface area (Å²) in [5.74, 6) is 1.10. The molecule has 1 fully saturated rings. The highest BCUT2D eigenvalue weighted by Crippen LogP contribution is 2.27. The Kier molecular flexibility index (Phi) is 7.60. The smallest absolute Gasteiger partial charge is 0.410 e. The van der Waals surface area contributed by atoms with Crippen LogP contribution in [0.1, 0.15) is 51.7 Å². The third-order valence-corrected chi connectivity index (χ3v) is 5.27. The average Bonchev–Trinajstić information content (AvgIpc) is 3.14. The van der Waals surface area contributed by atoms with Gasteiger partial charge in [0, 0.05) is 33.1 Å². The number of amides is 2. The SMILES string of the molecule is CC(=O)NC(=NC1CCN(C(=O)OC(C)(C)C)CC1)N1Cc2ccc(OCCO)cc2C1. The van der Waals surface area contributed by atoms with Crippen molar-refractivity contribution >= 4 is 18.0 Å². The van der Waals surface area contributed by atoms with Crippen molar-refractivity contribution in [1.82, 2.24) is 15.1 Å². The number of likely N-dealkylation sites (tertiary alicyclic amines) is 1. The lowest BCUT2D eigenvalue weighted by atomic mass is 10.1. The second-order valence-electron chi connectivity index (χ2n) is 9.19. The van der Waals surface area contributed by atoms with Crippen LogP contribution in [0.5, 0.6) is 5.75 Å². The number of aliphatic imine (C=N–C) groups is 1. The minimum Gasteiger partial charge on any atom is -0.491 e. The maximum Gasteiger partial charge on any atom is 0.410 e. The molecule has 32 heavy (non-hydrogen) atoms. The van der Waals surface area contributed by atoms with E-state index in [0.29, 0.717) is 50.7 Å². The van der Waals surface area contributed by atoms with Crippen LogP contribution in [0, 0.1) is 0 Å². The van der Waals surface area contributed by atoms with Crippen LogP contribution in [0.4, 0.5) is 4.79 Å². The van der Waals surface area contributed by atoms with Crippen LogP contribution in [-0.4, -0.2) is 70.8 Å². The fourth-order valence-corrected chi connectivity index (χ4v) is 3.80. The van der Waals surface area contributed by atoms with Crippen molar-refractivity contribution in [2.45, 2.75) is 65.3 Å². The third kappa shape index (κ3) is 6.59. The van der Waals surface area contributed by atoms with E-state index in [0.717, 1.165) is 11.1 Å². The molecular weight excluding hydrogens is 412 g/mol. The molecule has 0 saturated carbocycles. The summed E-state index contributed by atoms with van der Waals surface area (Å²) in [5.41, 5.74) is 1.75. The van der Waals surface area contributed by atoms with Gasteiger partial charge in [0.1, 0.15) is 18.0 Å². The first-order valence-electron chi connectivity index (χ1n) is 11.1. The molecule has 0 aliphatic carbocycles. The Morgan fingerprint density at radius 1 is 1.16 bits per heavy atom. The molecule has 0 spiro atoms. The number of piperidine rings is 1. The molecule has 2 amide bonds. The molecular formula is C23H34N4O5. The number of ether oxygens (including phenoxy) is 2. The quantitative estimate of drug-likeness (QED) is 0.543. The second-order valence-corrected chi connectivity index (χ2v) is 9.19. The van der Waals surface area contributed by atoms with Gasteiger partial charge in [-0.25, -0.2) is 9.79 Å². The van der Waals surface area contributed by atoms with Gasteiger partial charge in [-0.3, -0.25) is 10.1 Å². The Labute approximate surface area is 189 Å². The molecule has 2 N–H and O–H groups in total. The first-order valence-corrected chi connectivity index (χ1v) is 11.1. The van der Waals surface area contributed by atoms with Crippen LogP contribution in [0.25, 0.3) is 0 Å². The van der Waals surface area contributed by atoms with Crippen molar-refractivity contribution in [3.05, 3.63) is 29.3 Å². The molecule has 2 heterocycles. The Bertz CT molecular complexity index is 856. The Morgan fingerprint density at radius 2 is 1.84 bits per heavy atom. The van der Waals surface area contributed by atoms with E-state index in [-0.39, 0.29) is 31.3 Å². The predicted molar refractivity (Wildman–Crippen MR) is 120 cm³/mol. The minimum atomic E-state index is -0.515. The number of carbonyl (C=O) groups excluding carboxylic acids is 2. The standard InChI is InChI=1S/C23H34N4O5/c1-16(29)24-21(25-19-7-9-26(10-8-19)22(30)32-23(2,3)4)27-14-17-5-6-20(31-12-11-28)13-18(17)15-27/h5-6,13,19,28H,7-12,14-15H2,1-4H3,(H,24,25,29). The maximum atomic E-state index is 12.3. The van der Waals surface area contributed by atoms with Gasteiger partial charge < -0.3 is 24.4 Å². The molecule has 1 aromatic carbocycles. The molecule has 2 aliphatic heterocycles. The van der Waals surface area contributed by atoms with E-state index in [1.807, 2.05) is 43.9 Å². The van der Waals surface area contributed by atoms with Crippen LogP contribution in [0.15, 0.2) is 23.2 Å². The summed E-state index contributed by atoms with van der Waals surface area (Å²) in [7, 11) is 0. The maximum absolute atomic E-state index is 12.3. The molecule has 0 unspecified atom stereocenters. The summed E-state index contributed by atoms with van der Waals surface area (Å²) >= 11 is 0. The lowest BCUT2D eigenvalue weighted by Crippen LogP contribution is -2.45. The zero-order valence-corrected chi connectivity index (χ0v) is 19.4. The second kappa shape index (κ2) is 10.2. The normalized spacial score (nSPS) is 17.2. The van der Waals surface area contributed by atoms with Gasteiger partial charge in [0.2, 0.25) is 11.9 Å². The van der Waals surface area contributed by atoms with Gasteiger partial charge in [0.25, 0.3) is 0 Å². The summed E-state index contributed by atoms with van der Waals surface area (Å²) in [5, 5.41) is 11.8. The summed E-state index contributed by atoms with van der Waals surface area (Å²) < 4.78 is 11.0. The number of benzene rings is 1. The number of aliphatic hydroxyl groups excluding tert-OH is 1. The van der Waals surface area contributed by atoms with Gasteiger partial charge in [-0.05, 0) is 56.9 Å². The van der Waals surface area contributed by atoms with E-state index in [9.17, 15) is 9.59 Å². The monoisotopic (exact) mass is 446 g/mol. The van der Waals surface area contributed by atoms with Crippen LogP contribution < -0.4 is 10.1 Å². The van der Waals surface area contributed by atoms with Gasteiger partial charge >= 0.3 is 6.09 Å². The Hall–Kier alpha value is -2.81. The van der Waals surface area contributed by atoms with Crippen LogP contribution >= 0.6 is 0 Å². The zero-order valence-electron chi connectivity index (χ0n) is 19.4. The van der Waals surface area contributed by atoms with Gasteiger partial charge in [0.05, 0.1) is 12.6 Å². The van der Waals surface area contributed by atoms with Crippen molar-refractivity contribution in [2.24, 2.45) is 4.99 Å². The van der Waals surface area contributed by atoms with Gasteiger partial charge in [-0.15, -0.1) is 0 Å². The number of guanidine groups is 1. The fraction of sp³-hybridized carbons (Fsp3) is 0.609. The van der Waals surface area contributed by atoms with E-state index in [1.54, 1.807) is 4.90 Å². The van der Waals surface area contributed by atoms with Gasteiger partial charge in [0.15, 0.2) is 0 Å². The number of fused-ring (bicyclic) bond motifs is 1. The highest BCUT2D eigenvalue weighted by Gasteiger charge is 2.29. The number of nitrogens with zero attached hydrogens (tertiary/aromatic N) is 3. The number of hydrogen-bond donors (Lipinski definition) is 2. The van der Waals surface area contributed by atoms with Crippen molar-refractivity contribution < 1.29 is 24.2 Å². The van der Waals surface area contributed by atoms with E-state index < -0.39 is 5.60 Å². The van der Waals surface area contributed by atoms with Crippen molar-refractivity contribution in [2.75, 3.05) is 26.3 Å². The van der Waals surface area contributed by atoms with Crippen LogP contribution in [0.2, 0.25) is 0 Å². The number of nitrogens with one attached hydrogen (secondary N) is 1. The lowest BCUT2D eigenvalue weighted by molar-refractivity contribution is -0.117.